The first-order valence-corrected chi connectivity index (χ1v) is 10.3. The monoisotopic (exact) mass is 404 g/mol. The Morgan fingerprint density at radius 1 is 0.933 bits per heavy atom. The summed E-state index contributed by atoms with van der Waals surface area (Å²) in [5.41, 5.74) is 1.82. The fraction of sp³-hybridized carbons (Fsp3) is 0.333. The van der Waals surface area contributed by atoms with Gasteiger partial charge in [-0.1, -0.05) is 37.1 Å². The van der Waals surface area contributed by atoms with Crippen molar-refractivity contribution >= 4 is 29.2 Å². The summed E-state index contributed by atoms with van der Waals surface area (Å²) in [6.07, 6.45) is 3.36. The van der Waals surface area contributed by atoms with E-state index in [-0.39, 0.29) is 41.9 Å². The molecule has 0 radical (unpaired) electrons. The maximum atomic E-state index is 13.1. The number of hydrogen-bond donors (Lipinski definition) is 1. The summed E-state index contributed by atoms with van der Waals surface area (Å²) in [4.78, 5) is 51.7. The molecule has 2 aromatic rings. The molecule has 1 N–H and O–H groups in total. The first-order chi connectivity index (χ1) is 14.5. The van der Waals surface area contributed by atoms with Crippen LogP contribution in [0.2, 0.25) is 0 Å². The number of para-hydroxylation sites is 1. The van der Waals surface area contributed by atoms with Gasteiger partial charge in [0, 0.05) is 18.0 Å². The van der Waals surface area contributed by atoms with Gasteiger partial charge in [0.2, 0.25) is 5.91 Å². The average Bonchev–Trinajstić information content (AvgIpc) is 2.99. The van der Waals surface area contributed by atoms with Crippen molar-refractivity contribution in [2.24, 2.45) is 11.8 Å². The van der Waals surface area contributed by atoms with Gasteiger partial charge < -0.3 is 5.32 Å². The Bertz CT molecular complexity index is 994. The summed E-state index contributed by atoms with van der Waals surface area (Å²) in [6.45, 7) is 1.70. The molecule has 6 nitrogen and oxygen atoms in total. The van der Waals surface area contributed by atoms with Gasteiger partial charge in [-0.25, -0.2) is 0 Å². The van der Waals surface area contributed by atoms with E-state index in [0.717, 1.165) is 19.3 Å². The summed E-state index contributed by atoms with van der Waals surface area (Å²) in [7, 11) is 0. The predicted molar refractivity (Wildman–Crippen MR) is 112 cm³/mol. The highest BCUT2D eigenvalue weighted by Gasteiger charge is 2.40. The van der Waals surface area contributed by atoms with Crippen molar-refractivity contribution < 1.29 is 19.2 Å². The minimum atomic E-state index is -0.317. The molecular formula is C24H24N2O4. The highest BCUT2D eigenvalue weighted by Crippen LogP contribution is 2.34. The van der Waals surface area contributed by atoms with Crippen LogP contribution in [-0.2, 0) is 4.79 Å². The van der Waals surface area contributed by atoms with Crippen molar-refractivity contribution in [3.8, 4) is 0 Å². The molecule has 1 heterocycles. The van der Waals surface area contributed by atoms with E-state index < -0.39 is 0 Å². The van der Waals surface area contributed by atoms with E-state index in [4.69, 9.17) is 0 Å². The molecule has 30 heavy (non-hydrogen) atoms. The van der Waals surface area contributed by atoms with E-state index >= 15 is 0 Å². The first-order valence-electron chi connectivity index (χ1n) is 10.3. The predicted octanol–water partition coefficient (Wildman–Crippen LogP) is 3.93. The molecule has 6 heteroatoms. The van der Waals surface area contributed by atoms with Gasteiger partial charge in [-0.15, -0.1) is 0 Å². The van der Waals surface area contributed by atoms with Crippen LogP contribution in [0.4, 0.5) is 5.69 Å². The van der Waals surface area contributed by atoms with Crippen LogP contribution in [0.1, 0.15) is 63.7 Å². The van der Waals surface area contributed by atoms with Gasteiger partial charge in [-0.05, 0) is 49.9 Å². The molecule has 1 fully saturated rings. The Kier molecular flexibility index (Phi) is 5.48. The lowest BCUT2D eigenvalue weighted by atomic mass is 9.78. The van der Waals surface area contributed by atoms with Gasteiger partial charge in [0.25, 0.3) is 11.8 Å². The summed E-state index contributed by atoms with van der Waals surface area (Å²) >= 11 is 0. The van der Waals surface area contributed by atoms with E-state index in [9.17, 15) is 19.2 Å². The van der Waals surface area contributed by atoms with E-state index in [1.807, 2.05) is 0 Å². The zero-order chi connectivity index (χ0) is 21.3. The number of carbonyl (C=O) groups excluding carboxylic acids is 4. The van der Waals surface area contributed by atoms with Crippen molar-refractivity contribution in [3.05, 3.63) is 65.2 Å². The van der Waals surface area contributed by atoms with Gasteiger partial charge in [-0.2, -0.15) is 0 Å². The Balaban J connectivity index is 1.52. The van der Waals surface area contributed by atoms with Crippen LogP contribution in [0.15, 0.2) is 48.5 Å². The second-order valence-corrected chi connectivity index (χ2v) is 8.01. The maximum absolute atomic E-state index is 13.1. The van der Waals surface area contributed by atoms with E-state index in [0.29, 0.717) is 28.8 Å². The first kappa shape index (κ1) is 20.0. The van der Waals surface area contributed by atoms with E-state index in [1.165, 1.54) is 11.8 Å². The normalized spacial score (nSPS) is 20.8. The molecule has 154 valence electrons. The fourth-order valence-electron chi connectivity index (χ4n) is 4.54. The molecule has 2 aromatic carbocycles. The quantitative estimate of drug-likeness (QED) is 0.605. The molecule has 0 saturated heterocycles. The SMILES string of the molecule is CC(=O)c1ccccc1NC(=O)C1CCCCC1CN1C(=O)c2ccccc2C1=O. The van der Waals surface area contributed by atoms with Crippen LogP contribution in [0.5, 0.6) is 0 Å². The number of amides is 3. The van der Waals surface area contributed by atoms with Crippen molar-refractivity contribution in [2.75, 3.05) is 11.9 Å². The van der Waals surface area contributed by atoms with Crippen LogP contribution in [0, 0.1) is 11.8 Å². The third-order valence-electron chi connectivity index (χ3n) is 6.11. The van der Waals surface area contributed by atoms with Crippen LogP contribution < -0.4 is 5.32 Å². The molecule has 1 aliphatic heterocycles. The van der Waals surface area contributed by atoms with Crippen molar-refractivity contribution in [1.82, 2.24) is 4.90 Å². The Labute approximate surface area is 175 Å². The molecule has 1 saturated carbocycles. The second kappa shape index (κ2) is 8.22. The third kappa shape index (κ3) is 3.65. The summed E-state index contributed by atoms with van der Waals surface area (Å²) in [6, 6.07) is 13.8. The highest BCUT2D eigenvalue weighted by atomic mass is 16.2. The standard InChI is InChI=1S/C24H24N2O4/c1-15(27)17-9-6-7-13-21(17)25-22(28)18-10-3-2-8-16(18)14-26-23(29)19-11-4-5-12-20(19)24(26)30/h4-7,9,11-13,16,18H,2-3,8,10,14H2,1H3,(H,25,28). The fourth-order valence-corrected chi connectivity index (χ4v) is 4.54. The molecule has 3 amide bonds. The van der Waals surface area contributed by atoms with Crippen LogP contribution in [-0.4, -0.2) is 34.9 Å². The van der Waals surface area contributed by atoms with Gasteiger partial charge in [0.1, 0.15) is 0 Å². The minimum absolute atomic E-state index is 0.106. The van der Waals surface area contributed by atoms with E-state index in [1.54, 1.807) is 48.5 Å². The summed E-state index contributed by atoms with van der Waals surface area (Å²) < 4.78 is 0. The minimum Gasteiger partial charge on any atom is -0.325 e. The number of hydrogen-bond acceptors (Lipinski definition) is 4. The summed E-state index contributed by atoms with van der Waals surface area (Å²) in [5, 5.41) is 2.91. The Hall–Kier alpha value is -3.28. The molecule has 2 atom stereocenters. The lowest BCUT2D eigenvalue weighted by molar-refractivity contribution is -0.122. The molecule has 0 bridgehead atoms. The molecule has 0 aromatic heterocycles. The number of anilines is 1. The molecule has 4 rings (SSSR count). The lowest BCUT2D eigenvalue weighted by Crippen LogP contribution is -2.41. The largest absolute Gasteiger partial charge is 0.325 e. The number of carbonyl (C=O) groups is 4. The molecule has 2 unspecified atom stereocenters. The van der Waals surface area contributed by atoms with Gasteiger partial charge >= 0.3 is 0 Å². The molecular weight excluding hydrogens is 380 g/mol. The topological polar surface area (TPSA) is 83.6 Å². The van der Waals surface area contributed by atoms with Crippen molar-refractivity contribution in [2.45, 2.75) is 32.6 Å². The zero-order valence-corrected chi connectivity index (χ0v) is 16.9. The third-order valence-corrected chi connectivity index (χ3v) is 6.11. The number of imide groups is 1. The molecule has 0 spiro atoms. The van der Waals surface area contributed by atoms with Crippen LogP contribution >= 0.6 is 0 Å². The van der Waals surface area contributed by atoms with Gasteiger partial charge in [-0.3, -0.25) is 24.1 Å². The zero-order valence-electron chi connectivity index (χ0n) is 16.9. The number of rotatable bonds is 5. The number of nitrogens with one attached hydrogen (secondary N) is 1. The Morgan fingerprint density at radius 2 is 1.53 bits per heavy atom. The molecule has 1 aliphatic carbocycles. The number of Topliss-reactive ketones (excluding diaryl/α,β-unsaturated/α-hetero) is 1. The average molecular weight is 404 g/mol. The second-order valence-electron chi connectivity index (χ2n) is 8.01. The number of fused-ring (bicyclic) bond motifs is 1. The summed E-state index contributed by atoms with van der Waals surface area (Å²) in [5.74, 6) is -1.28. The van der Waals surface area contributed by atoms with Crippen molar-refractivity contribution in [1.29, 1.82) is 0 Å². The number of benzene rings is 2. The number of nitrogens with zero attached hydrogens (tertiary/aromatic N) is 1. The van der Waals surface area contributed by atoms with Gasteiger partial charge in [0.05, 0.1) is 16.8 Å². The highest BCUT2D eigenvalue weighted by molar-refractivity contribution is 6.21. The van der Waals surface area contributed by atoms with Crippen LogP contribution in [0.3, 0.4) is 0 Å². The Morgan fingerprint density at radius 3 is 2.20 bits per heavy atom. The number of ketones is 1. The molecule has 2 aliphatic rings. The van der Waals surface area contributed by atoms with Crippen LogP contribution in [0.25, 0.3) is 0 Å². The maximum Gasteiger partial charge on any atom is 0.261 e. The smallest absolute Gasteiger partial charge is 0.261 e. The van der Waals surface area contributed by atoms with Crippen molar-refractivity contribution in [3.63, 3.8) is 0 Å². The van der Waals surface area contributed by atoms with Gasteiger partial charge in [0.15, 0.2) is 5.78 Å². The van der Waals surface area contributed by atoms with E-state index in [2.05, 4.69) is 5.32 Å². The lowest BCUT2D eigenvalue weighted by Gasteiger charge is -2.33.